The molecular weight excluding hydrogens is 281 g/mol. The molecule has 20 heavy (non-hydrogen) atoms. The summed E-state index contributed by atoms with van der Waals surface area (Å²) in [6.45, 7) is 0. The summed E-state index contributed by atoms with van der Waals surface area (Å²) in [6, 6.07) is 5.18. The van der Waals surface area contributed by atoms with Gasteiger partial charge in [0.1, 0.15) is 16.5 Å². The Morgan fingerprint density at radius 3 is 2.40 bits per heavy atom. The van der Waals surface area contributed by atoms with Crippen LogP contribution in [0.1, 0.15) is 32.1 Å². The molecule has 0 bridgehead atoms. The van der Waals surface area contributed by atoms with E-state index in [0.29, 0.717) is 12.8 Å². The van der Waals surface area contributed by atoms with Crippen molar-refractivity contribution in [3.05, 3.63) is 30.1 Å². The topological polar surface area (TPSA) is 96.0 Å². The third kappa shape index (κ3) is 2.83. The molecule has 0 amide bonds. The van der Waals surface area contributed by atoms with Gasteiger partial charge in [0.2, 0.25) is 10.0 Å². The van der Waals surface area contributed by atoms with Crippen LogP contribution < -0.4 is 10.5 Å². The summed E-state index contributed by atoms with van der Waals surface area (Å²) in [5, 5.41) is 7.69. The van der Waals surface area contributed by atoms with Crippen molar-refractivity contribution in [3.8, 4) is 0 Å². The normalized spacial score (nSPS) is 18.6. The summed E-state index contributed by atoms with van der Waals surface area (Å²) < 4.78 is 40.8. The molecule has 0 saturated heterocycles. The molecular formula is C13H18FN3O2S. The van der Waals surface area contributed by atoms with Gasteiger partial charge in [-0.2, -0.15) is 4.72 Å². The van der Waals surface area contributed by atoms with E-state index in [1.807, 2.05) is 0 Å². The van der Waals surface area contributed by atoms with Crippen LogP contribution >= 0.6 is 0 Å². The number of halogens is 1. The average molecular weight is 299 g/mol. The fourth-order valence-electron chi connectivity index (χ4n) is 2.56. The SMILES string of the molecule is N=C(N)C1(NS(=O)(=O)c2ccccc2F)CCCCC1. The van der Waals surface area contributed by atoms with E-state index >= 15 is 0 Å². The van der Waals surface area contributed by atoms with Crippen molar-refractivity contribution in [3.63, 3.8) is 0 Å². The molecule has 0 unspecified atom stereocenters. The zero-order valence-corrected chi connectivity index (χ0v) is 11.8. The molecule has 4 N–H and O–H groups in total. The van der Waals surface area contributed by atoms with Crippen molar-refractivity contribution in [2.24, 2.45) is 5.73 Å². The molecule has 0 heterocycles. The Labute approximate surface area is 117 Å². The number of hydrogen-bond acceptors (Lipinski definition) is 3. The van der Waals surface area contributed by atoms with E-state index in [-0.39, 0.29) is 5.84 Å². The second-order valence-corrected chi connectivity index (χ2v) is 6.74. The smallest absolute Gasteiger partial charge is 0.244 e. The van der Waals surface area contributed by atoms with E-state index in [9.17, 15) is 12.8 Å². The van der Waals surface area contributed by atoms with E-state index in [2.05, 4.69) is 4.72 Å². The minimum Gasteiger partial charge on any atom is -0.386 e. The molecule has 110 valence electrons. The van der Waals surface area contributed by atoms with Gasteiger partial charge < -0.3 is 5.73 Å². The van der Waals surface area contributed by atoms with Crippen molar-refractivity contribution in [1.29, 1.82) is 5.41 Å². The zero-order chi connectivity index (χ0) is 14.8. The van der Waals surface area contributed by atoms with E-state index in [0.717, 1.165) is 25.3 Å². The fourth-order valence-corrected chi connectivity index (χ4v) is 4.08. The predicted molar refractivity (Wildman–Crippen MR) is 74.5 cm³/mol. The predicted octanol–water partition coefficient (Wildman–Crippen LogP) is 1.74. The van der Waals surface area contributed by atoms with Crippen LogP contribution in [-0.2, 0) is 10.0 Å². The highest BCUT2D eigenvalue weighted by molar-refractivity contribution is 7.89. The lowest BCUT2D eigenvalue weighted by atomic mass is 9.82. The lowest BCUT2D eigenvalue weighted by Crippen LogP contribution is -2.58. The molecule has 1 saturated carbocycles. The van der Waals surface area contributed by atoms with Crippen molar-refractivity contribution in [2.45, 2.75) is 42.5 Å². The molecule has 0 atom stereocenters. The summed E-state index contributed by atoms with van der Waals surface area (Å²) in [5.41, 5.74) is 4.50. The number of sulfonamides is 1. The molecule has 0 spiro atoms. The molecule has 1 aliphatic carbocycles. The van der Waals surface area contributed by atoms with Crippen molar-refractivity contribution >= 4 is 15.9 Å². The third-order valence-electron chi connectivity index (χ3n) is 3.68. The quantitative estimate of drug-likeness (QED) is 0.583. The minimum atomic E-state index is -4.04. The van der Waals surface area contributed by atoms with Crippen LogP contribution in [0, 0.1) is 11.2 Å². The molecule has 1 aliphatic rings. The van der Waals surface area contributed by atoms with Gasteiger partial charge in [0.15, 0.2) is 0 Å². The number of amidine groups is 1. The molecule has 5 nitrogen and oxygen atoms in total. The number of hydrogen-bond donors (Lipinski definition) is 3. The maximum Gasteiger partial charge on any atom is 0.244 e. The Morgan fingerprint density at radius 2 is 1.85 bits per heavy atom. The van der Waals surface area contributed by atoms with Crippen molar-refractivity contribution in [2.75, 3.05) is 0 Å². The summed E-state index contributed by atoms with van der Waals surface area (Å²) >= 11 is 0. The Balaban J connectivity index is 2.35. The molecule has 7 heteroatoms. The van der Waals surface area contributed by atoms with Crippen molar-refractivity contribution in [1.82, 2.24) is 4.72 Å². The van der Waals surface area contributed by atoms with Crippen LogP contribution in [0.2, 0.25) is 0 Å². The van der Waals surface area contributed by atoms with Gasteiger partial charge in [-0.3, -0.25) is 5.41 Å². The van der Waals surface area contributed by atoms with E-state index in [1.165, 1.54) is 18.2 Å². The van der Waals surface area contributed by atoms with Gasteiger partial charge in [0, 0.05) is 0 Å². The Kier molecular flexibility index (Phi) is 4.10. The van der Waals surface area contributed by atoms with Gasteiger partial charge in [0.05, 0.1) is 5.54 Å². The van der Waals surface area contributed by atoms with Gasteiger partial charge in [-0.25, -0.2) is 12.8 Å². The highest BCUT2D eigenvalue weighted by Gasteiger charge is 2.39. The van der Waals surface area contributed by atoms with Crippen LogP contribution in [0.3, 0.4) is 0 Å². The van der Waals surface area contributed by atoms with Crippen LogP contribution in [0.5, 0.6) is 0 Å². The first-order chi connectivity index (χ1) is 9.37. The van der Waals surface area contributed by atoms with Gasteiger partial charge >= 0.3 is 0 Å². The molecule has 1 aromatic rings. The monoisotopic (exact) mass is 299 g/mol. The molecule has 0 aromatic heterocycles. The largest absolute Gasteiger partial charge is 0.386 e. The molecule has 0 radical (unpaired) electrons. The second kappa shape index (κ2) is 5.49. The van der Waals surface area contributed by atoms with Crippen LogP contribution in [0.4, 0.5) is 4.39 Å². The third-order valence-corrected chi connectivity index (χ3v) is 5.25. The van der Waals surface area contributed by atoms with E-state index < -0.39 is 26.3 Å². The highest BCUT2D eigenvalue weighted by atomic mass is 32.2. The average Bonchev–Trinajstić information content (AvgIpc) is 2.39. The maximum atomic E-state index is 13.7. The number of nitrogens with two attached hydrogens (primary N) is 1. The first-order valence-electron chi connectivity index (χ1n) is 6.50. The highest BCUT2D eigenvalue weighted by Crippen LogP contribution is 2.30. The van der Waals surface area contributed by atoms with Gasteiger partial charge in [0.25, 0.3) is 0 Å². The molecule has 1 aromatic carbocycles. The van der Waals surface area contributed by atoms with E-state index in [1.54, 1.807) is 0 Å². The summed E-state index contributed by atoms with van der Waals surface area (Å²) in [4.78, 5) is -0.411. The molecule has 2 rings (SSSR count). The molecule has 1 fully saturated rings. The van der Waals surface area contributed by atoms with Crippen molar-refractivity contribution < 1.29 is 12.8 Å². The number of nitrogens with one attached hydrogen (secondary N) is 2. The number of rotatable bonds is 4. The van der Waals surface area contributed by atoms with Crippen LogP contribution in [0.15, 0.2) is 29.2 Å². The van der Waals surface area contributed by atoms with E-state index in [4.69, 9.17) is 11.1 Å². The summed E-state index contributed by atoms with van der Waals surface area (Å²) in [5.74, 6) is -1.02. The van der Waals surface area contributed by atoms with Crippen LogP contribution in [-0.4, -0.2) is 19.8 Å². The maximum absolute atomic E-state index is 13.7. The van der Waals surface area contributed by atoms with Gasteiger partial charge in [-0.05, 0) is 25.0 Å². The zero-order valence-electron chi connectivity index (χ0n) is 11.0. The Hall–Kier alpha value is -1.47. The molecule has 0 aliphatic heterocycles. The van der Waals surface area contributed by atoms with Crippen LogP contribution in [0.25, 0.3) is 0 Å². The Morgan fingerprint density at radius 1 is 1.25 bits per heavy atom. The van der Waals surface area contributed by atoms with Gasteiger partial charge in [-0.15, -0.1) is 0 Å². The minimum absolute atomic E-state index is 0.211. The standard InChI is InChI=1S/C13H18FN3O2S/c14-10-6-2-3-7-11(10)20(18,19)17-13(12(15)16)8-4-1-5-9-13/h2-3,6-7,17H,1,4-5,8-9H2,(H3,15,16). The lowest BCUT2D eigenvalue weighted by molar-refractivity contribution is 0.347. The first kappa shape index (κ1) is 14.9. The lowest BCUT2D eigenvalue weighted by Gasteiger charge is -2.36. The Bertz CT molecular complexity index is 610. The summed E-state index contributed by atoms with van der Waals surface area (Å²) in [6.07, 6.45) is 3.50. The second-order valence-electron chi connectivity index (χ2n) is 5.09. The summed E-state index contributed by atoms with van der Waals surface area (Å²) in [7, 11) is -4.04. The fraction of sp³-hybridized carbons (Fsp3) is 0.462. The number of benzene rings is 1. The first-order valence-corrected chi connectivity index (χ1v) is 7.99. The van der Waals surface area contributed by atoms with Gasteiger partial charge in [-0.1, -0.05) is 31.4 Å².